The Kier molecular flexibility index (Phi) is 3.37. The molecule has 82 valence electrons. The van der Waals surface area contributed by atoms with E-state index in [2.05, 4.69) is 5.32 Å². The summed E-state index contributed by atoms with van der Waals surface area (Å²) in [6.45, 7) is 0.728. The minimum absolute atomic E-state index is 0.208. The van der Waals surface area contributed by atoms with Crippen molar-refractivity contribution in [2.45, 2.75) is 43.4 Å². The predicted octanol–water partition coefficient (Wildman–Crippen LogP) is 0.324. The van der Waals surface area contributed by atoms with Crippen LogP contribution in [0.1, 0.15) is 25.7 Å². The van der Waals surface area contributed by atoms with Crippen LogP contribution in [0.5, 0.6) is 0 Å². The second-order valence-electron chi connectivity index (χ2n) is 4.67. The minimum Gasteiger partial charge on any atom is -0.389 e. The zero-order valence-corrected chi connectivity index (χ0v) is 9.35. The Balaban J connectivity index is 1.73. The molecule has 2 rings (SSSR count). The molecule has 4 N–H and O–H groups in total. The van der Waals surface area contributed by atoms with Crippen molar-refractivity contribution >= 4 is 11.8 Å². The van der Waals surface area contributed by atoms with E-state index in [1.807, 2.05) is 11.8 Å². The van der Waals surface area contributed by atoms with Gasteiger partial charge in [0.1, 0.15) is 0 Å². The highest BCUT2D eigenvalue weighted by molar-refractivity contribution is 7.99. The summed E-state index contributed by atoms with van der Waals surface area (Å²) < 4.78 is 0. The van der Waals surface area contributed by atoms with Crippen molar-refractivity contribution in [3.05, 3.63) is 0 Å². The lowest BCUT2D eigenvalue weighted by Crippen LogP contribution is -2.43. The van der Waals surface area contributed by atoms with Gasteiger partial charge in [-0.3, -0.25) is 0 Å². The van der Waals surface area contributed by atoms with Crippen molar-refractivity contribution < 1.29 is 5.11 Å². The molecule has 1 aliphatic heterocycles. The molecule has 1 heterocycles. The van der Waals surface area contributed by atoms with E-state index in [0.717, 1.165) is 25.8 Å². The lowest BCUT2D eigenvalue weighted by molar-refractivity contribution is 0.0443. The van der Waals surface area contributed by atoms with Gasteiger partial charge in [0.2, 0.25) is 0 Å². The van der Waals surface area contributed by atoms with E-state index in [4.69, 9.17) is 5.73 Å². The highest BCUT2D eigenvalue weighted by Crippen LogP contribution is 2.28. The van der Waals surface area contributed by atoms with E-state index in [9.17, 15) is 5.11 Å². The van der Waals surface area contributed by atoms with Crippen molar-refractivity contribution in [3.8, 4) is 0 Å². The smallest absolute Gasteiger partial charge is 0.0787 e. The van der Waals surface area contributed by atoms with Crippen LogP contribution in [0.2, 0.25) is 0 Å². The van der Waals surface area contributed by atoms with E-state index >= 15 is 0 Å². The van der Waals surface area contributed by atoms with E-state index in [-0.39, 0.29) is 6.04 Å². The van der Waals surface area contributed by atoms with Crippen LogP contribution in [-0.2, 0) is 0 Å². The fourth-order valence-corrected chi connectivity index (χ4v) is 3.52. The molecule has 2 fully saturated rings. The quantitative estimate of drug-likeness (QED) is 0.636. The number of hydrogen-bond acceptors (Lipinski definition) is 4. The van der Waals surface area contributed by atoms with Gasteiger partial charge in [-0.15, -0.1) is 0 Å². The summed E-state index contributed by atoms with van der Waals surface area (Å²) in [7, 11) is 0. The first kappa shape index (κ1) is 10.7. The molecule has 0 radical (unpaired) electrons. The Hall–Kier alpha value is 0.230. The van der Waals surface area contributed by atoms with Crippen molar-refractivity contribution in [1.29, 1.82) is 0 Å². The SMILES string of the molecule is NC1CCC(O)(CNC2CCSC2)C1. The Morgan fingerprint density at radius 1 is 1.50 bits per heavy atom. The fourth-order valence-electron chi connectivity index (χ4n) is 2.34. The van der Waals surface area contributed by atoms with Gasteiger partial charge in [0, 0.05) is 24.4 Å². The van der Waals surface area contributed by atoms with Crippen LogP contribution in [0.15, 0.2) is 0 Å². The van der Waals surface area contributed by atoms with Gasteiger partial charge in [-0.1, -0.05) is 0 Å². The average Bonchev–Trinajstić information content (AvgIpc) is 2.73. The Morgan fingerprint density at radius 2 is 2.36 bits per heavy atom. The zero-order valence-electron chi connectivity index (χ0n) is 8.54. The highest BCUT2D eigenvalue weighted by Gasteiger charge is 2.35. The molecular weight excluding hydrogens is 196 g/mol. The molecule has 1 saturated carbocycles. The third-order valence-corrected chi connectivity index (χ3v) is 4.43. The number of hydrogen-bond donors (Lipinski definition) is 3. The van der Waals surface area contributed by atoms with Gasteiger partial charge in [-0.25, -0.2) is 0 Å². The van der Waals surface area contributed by atoms with Crippen LogP contribution in [0.25, 0.3) is 0 Å². The standard InChI is InChI=1S/C10H20N2OS/c11-8-1-3-10(13,5-8)7-12-9-2-4-14-6-9/h8-9,12-13H,1-7,11H2. The molecule has 1 aliphatic carbocycles. The Bertz CT molecular complexity index is 197. The number of aliphatic hydroxyl groups is 1. The highest BCUT2D eigenvalue weighted by atomic mass is 32.2. The van der Waals surface area contributed by atoms with Crippen molar-refractivity contribution in [2.75, 3.05) is 18.1 Å². The van der Waals surface area contributed by atoms with E-state index in [1.165, 1.54) is 17.9 Å². The number of thioether (sulfide) groups is 1. The van der Waals surface area contributed by atoms with Crippen LogP contribution in [0, 0.1) is 0 Å². The maximum Gasteiger partial charge on any atom is 0.0787 e. The summed E-state index contributed by atoms with van der Waals surface area (Å²) in [5, 5.41) is 13.6. The summed E-state index contributed by atoms with van der Waals surface area (Å²) in [4.78, 5) is 0. The van der Waals surface area contributed by atoms with Gasteiger partial charge >= 0.3 is 0 Å². The monoisotopic (exact) mass is 216 g/mol. The van der Waals surface area contributed by atoms with Crippen LogP contribution >= 0.6 is 11.8 Å². The normalized spacial score (nSPS) is 43.3. The Labute approximate surface area is 89.8 Å². The molecule has 0 aromatic carbocycles. The predicted molar refractivity (Wildman–Crippen MR) is 60.5 cm³/mol. The largest absolute Gasteiger partial charge is 0.389 e. The van der Waals surface area contributed by atoms with Crippen molar-refractivity contribution in [2.24, 2.45) is 5.73 Å². The fraction of sp³-hybridized carbons (Fsp3) is 1.00. The van der Waals surface area contributed by atoms with Gasteiger partial charge in [-0.05, 0) is 31.4 Å². The molecule has 0 bridgehead atoms. The van der Waals surface area contributed by atoms with Crippen LogP contribution in [0.4, 0.5) is 0 Å². The molecule has 0 spiro atoms. The topological polar surface area (TPSA) is 58.3 Å². The lowest BCUT2D eigenvalue weighted by Gasteiger charge is -2.25. The van der Waals surface area contributed by atoms with Gasteiger partial charge in [0.25, 0.3) is 0 Å². The minimum atomic E-state index is -0.521. The van der Waals surface area contributed by atoms with Crippen LogP contribution in [-0.4, -0.2) is 40.8 Å². The van der Waals surface area contributed by atoms with E-state index in [1.54, 1.807) is 0 Å². The molecule has 3 atom stereocenters. The molecule has 4 heteroatoms. The third kappa shape index (κ3) is 2.63. The van der Waals surface area contributed by atoms with Crippen LogP contribution < -0.4 is 11.1 Å². The van der Waals surface area contributed by atoms with E-state index in [0.29, 0.717) is 6.04 Å². The van der Waals surface area contributed by atoms with E-state index < -0.39 is 5.60 Å². The molecule has 0 aromatic rings. The Morgan fingerprint density at radius 3 is 2.93 bits per heavy atom. The molecule has 1 saturated heterocycles. The molecule has 2 aliphatic rings. The zero-order chi connectivity index (χ0) is 10.0. The lowest BCUT2D eigenvalue weighted by atomic mass is 10.0. The van der Waals surface area contributed by atoms with Crippen LogP contribution in [0.3, 0.4) is 0 Å². The third-order valence-electron chi connectivity index (χ3n) is 3.27. The molecule has 0 aromatic heterocycles. The van der Waals surface area contributed by atoms with Crippen molar-refractivity contribution in [1.82, 2.24) is 5.32 Å². The van der Waals surface area contributed by atoms with Gasteiger partial charge < -0.3 is 16.2 Å². The first-order valence-corrected chi connectivity index (χ1v) is 6.62. The summed E-state index contributed by atoms with van der Waals surface area (Å²) in [6.07, 6.45) is 3.84. The first-order valence-electron chi connectivity index (χ1n) is 5.47. The molecule has 14 heavy (non-hydrogen) atoms. The maximum atomic E-state index is 10.2. The van der Waals surface area contributed by atoms with Crippen molar-refractivity contribution in [3.63, 3.8) is 0 Å². The molecular formula is C10H20N2OS. The first-order chi connectivity index (χ1) is 6.68. The second-order valence-corrected chi connectivity index (χ2v) is 5.82. The van der Waals surface area contributed by atoms with Gasteiger partial charge in [0.15, 0.2) is 0 Å². The number of nitrogens with two attached hydrogens (primary N) is 1. The molecule has 3 nitrogen and oxygen atoms in total. The number of rotatable bonds is 3. The van der Waals surface area contributed by atoms with Gasteiger partial charge in [0.05, 0.1) is 5.60 Å². The number of nitrogens with one attached hydrogen (secondary N) is 1. The maximum absolute atomic E-state index is 10.2. The second kappa shape index (κ2) is 4.39. The van der Waals surface area contributed by atoms with Gasteiger partial charge in [-0.2, -0.15) is 11.8 Å². The molecule has 3 unspecified atom stereocenters. The summed E-state index contributed by atoms with van der Waals surface area (Å²) >= 11 is 2.00. The summed E-state index contributed by atoms with van der Waals surface area (Å²) in [6, 6.07) is 0.820. The summed E-state index contributed by atoms with van der Waals surface area (Å²) in [5.74, 6) is 2.46. The summed E-state index contributed by atoms with van der Waals surface area (Å²) in [5.41, 5.74) is 5.28. The average molecular weight is 216 g/mol. The molecule has 0 amide bonds.